The molecule has 2 fully saturated rings. The number of nitrogens with one attached hydrogen (secondary N) is 2. The second-order valence-electron chi connectivity index (χ2n) is 6.94. The lowest BCUT2D eigenvalue weighted by atomic mass is 9.88. The molecule has 6 nitrogen and oxygen atoms in total. The highest BCUT2D eigenvalue weighted by Gasteiger charge is 2.48. The molecule has 142 valence electrons. The summed E-state index contributed by atoms with van der Waals surface area (Å²) in [5.74, 6) is 0.188. The van der Waals surface area contributed by atoms with E-state index in [1.54, 1.807) is 0 Å². The van der Waals surface area contributed by atoms with Crippen molar-refractivity contribution in [1.29, 1.82) is 0 Å². The van der Waals surface area contributed by atoms with Crippen LogP contribution in [0.15, 0.2) is 0 Å². The number of amides is 1. The molecule has 8 heteroatoms. The molecule has 0 aromatic carbocycles. The second kappa shape index (κ2) is 9.36. The predicted molar refractivity (Wildman–Crippen MR) is 97.3 cm³/mol. The largest absolute Gasteiger partial charge is 0.376 e. The molecule has 1 heterocycles. The molecule has 0 aromatic heterocycles. The molecule has 2 atom stereocenters. The zero-order chi connectivity index (χ0) is 16.9. The first-order chi connectivity index (χ1) is 10.9. The van der Waals surface area contributed by atoms with E-state index in [0.717, 1.165) is 12.7 Å². The molecule has 1 saturated heterocycles. The quantitative estimate of drug-likeness (QED) is 0.676. The number of hydrogen-bond donors (Lipinski definition) is 2. The van der Waals surface area contributed by atoms with E-state index < -0.39 is 14.6 Å². The predicted octanol–water partition coefficient (Wildman–Crippen LogP) is 1.29. The Kier molecular flexibility index (Phi) is 8.45. The minimum Gasteiger partial charge on any atom is -0.376 e. The van der Waals surface area contributed by atoms with Gasteiger partial charge in [-0.2, -0.15) is 0 Å². The summed E-state index contributed by atoms with van der Waals surface area (Å²) in [4.78, 5) is 12.5. The number of hydrogen-bond acceptors (Lipinski definition) is 5. The summed E-state index contributed by atoms with van der Waals surface area (Å²) in [5.41, 5.74) is 0. The van der Waals surface area contributed by atoms with E-state index in [4.69, 9.17) is 4.74 Å². The zero-order valence-corrected chi connectivity index (χ0v) is 16.3. The number of piperidine rings is 1. The molecule has 24 heavy (non-hydrogen) atoms. The van der Waals surface area contributed by atoms with Crippen molar-refractivity contribution >= 4 is 28.2 Å². The van der Waals surface area contributed by atoms with Crippen molar-refractivity contribution in [3.8, 4) is 0 Å². The topological polar surface area (TPSA) is 84.5 Å². The summed E-state index contributed by atoms with van der Waals surface area (Å²) in [6.45, 7) is 4.12. The van der Waals surface area contributed by atoms with Crippen molar-refractivity contribution in [3.63, 3.8) is 0 Å². The van der Waals surface area contributed by atoms with Gasteiger partial charge < -0.3 is 15.4 Å². The lowest BCUT2D eigenvalue weighted by Crippen LogP contribution is -2.57. The van der Waals surface area contributed by atoms with Crippen LogP contribution in [0.1, 0.15) is 45.4 Å². The van der Waals surface area contributed by atoms with Crippen molar-refractivity contribution in [2.45, 2.75) is 56.3 Å². The van der Waals surface area contributed by atoms with Gasteiger partial charge in [0.15, 0.2) is 14.6 Å². The average molecular weight is 383 g/mol. The summed E-state index contributed by atoms with van der Waals surface area (Å²) < 4.78 is 28.9. The molecule has 0 bridgehead atoms. The van der Waals surface area contributed by atoms with Crippen molar-refractivity contribution in [1.82, 2.24) is 10.6 Å². The lowest BCUT2D eigenvalue weighted by molar-refractivity contribution is -0.124. The Morgan fingerprint density at radius 1 is 1.25 bits per heavy atom. The number of ether oxygens (including phenoxy) is 1. The highest BCUT2D eigenvalue weighted by atomic mass is 35.5. The van der Waals surface area contributed by atoms with Gasteiger partial charge in [-0.05, 0) is 44.7 Å². The van der Waals surface area contributed by atoms with Crippen LogP contribution in [-0.2, 0) is 19.4 Å². The summed E-state index contributed by atoms with van der Waals surface area (Å²) in [5, 5.41) is 5.90. The van der Waals surface area contributed by atoms with E-state index in [9.17, 15) is 13.2 Å². The van der Waals surface area contributed by atoms with Crippen LogP contribution in [0.3, 0.4) is 0 Å². The summed E-state index contributed by atoms with van der Waals surface area (Å²) in [6.07, 6.45) is 6.83. The first-order valence-corrected chi connectivity index (χ1v) is 10.6. The van der Waals surface area contributed by atoms with Gasteiger partial charge in [-0.15, -0.1) is 12.4 Å². The van der Waals surface area contributed by atoms with E-state index in [-0.39, 0.29) is 24.4 Å². The summed E-state index contributed by atoms with van der Waals surface area (Å²) in [7, 11) is -3.45. The van der Waals surface area contributed by atoms with Crippen molar-refractivity contribution in [2.75, 3.05) is 32.5 Å². The molecule has 0 radical (unpaired) electrons. The highest BCUT2D eigenvalue weighted by Crippen LogP contribution is 2.28. The Bertz CT molecular complexity index is 506. The van der Waals surface area contributed by atoms with Gasteiger partial charge in [0.05, 0.1) is 12.7 Å². The summed E-state index contributed by atoms with van der Waals surface area (Å²) >= 11 is 0. The normalized spacial score (nSPS) is 27.1. The molecule has 0 aromatic rings. The third-order valence-electron chi connectivity index (χ3n) is 5.29. The minimum atomic E-state index is -3.45. The molecule has 2 rings (SSSR count). The SMILES string of the molecule is CC1CCCCC1OCCNC(=O)C1(S(C)(=O)=O)CCNCC1.Cl. The van der Waals surface area contributed by atoms with E-state index in [1.807, 2.05) is 0 Å². The molecular weight excluding hydrogens is 352 g/mol. The second-order valence-corrected chi connectivity index (χ2v) is 9.27. The maximum Gasteiger partial charge on any atom is 0.241 e. The molecular formula is C16H31ClN2O4S. The maximum atomic E-state index is 12.5. The Morgan fingerprint density at radius 3 is 2.46 bits per heavy atom. The average Bonchev–Trinajstić information content (AvgIpc) is 2.52. The fraction of sp³-hybridized carbons (Fsp3) is 0.938. The number of halogens is 1. The van der Waals surface area contributed by atoms with E-state index in [2.05, 4.69) is 17.6 Å². The number of sulfone groups is 1. The third-order valence-corrected chi connectivity index (χ3v) is 7.30. The maximum absolute atomic E-state index is 12.5. The van der Waals surface area contributed by atoms with Crippen molar-refractivity contribution < 1.29 is 17.9 Å². The lowest BCUT2D eigenvalue weighted by Gasteiger charge is -2.34. The molecule has 1 amide bonds. The van der Waals surface area contributed by atoms with Gasteiger partial charge in [-0.1, -0.05) is 19.8 Å². The first-order valence-electron chi connectivity index (χ1n) is 8.67. The van der Waals surface area contributed by atoms with Gasteiger partial charge in [-0.3, -0.25) is 4.79 Å². The molecule has 1 aliphatic carbocycles. The Balaban J connectivity index is 0.00000288. The van der Waals surface area contributed by atoms with Crippen LogP contribution >= 0.6 is 12.4 Å². The minimum absolute atomic E-state index is 0. The number of carbonyl (C=O) groups is 1. The molecule has 1 aliphatic heterocycles. The fourth-order valence-corrected chi connectivity index (χ4v) is 5.02. The van der Waals surface area contributed by atoms with Gasteiger partial charge in [0.25, 0.3) is 0 Å². The molecule has 2 aliphatic rings. The van der Waals surface area contributed by atoms with Crippen LogP contribution in [0.4, 0.5) is 0 Å². The van der Waals surface area contributed by atoms with E-state index in [1.165, 1.54) is 19.3 Å². The third kappa shape index (κ3) is 5.07. The summed E-state index contributed by atoms with van der Waals surface area (Å²) in [6, 6.07) is 0. The Morgan fingerprint density at radius 2 is 1.88 bits per heavy atom. The van der Waals surface area contributed by atoms with Crippen molar-refractivity contribution in [3.05, 3.63) is 0 Å². The molecule has 2 unspecified atom stereocenters. The molecule has 1 saturated carbocycles. The van der Waals surface area contributed by atoms with Crippen LogP contribution in [0.5, 0.6) is 0 Å². The van der Waals surface area contributed by atoms with Gasteiger partial charge >= 0.3 is 0 Å². The highest BCUT2D eigenvalue weighted by molar-refractivity contribution is 7.92. The zero-order valence-electron chi connectivity index (χ0n) is 14.7. The van der Waals surface area contributed by atoms with Crippen LogP contribution in [0, 0.1) is 5.92 Å². The smallest absolute Gasteiger partial charge is 0.241 e. The fourth-order valence-electron chi connectivity index (χ4n) is 3.66. The van der Waals surface area contributed by atoms with E-state index in [0.29, 0.717) is 45.0 Å². The molecule has 2 N–H and O–H groups in total. The monoisotopic (exact) mass is 382 g/mol. The van der Waals surface area contributed by atoms with Crippen LogP contribution < -0.4 is 10.6 Å². The molecule has 0 spiro atoms. The Labute approximate surface area is 151 Å². The van der Waals surface area contributed by atoms with Crippen molar-refractivity contribution in [2.24, 2.45) is 5.92 Å². The van der Waals surface area contributed by atoms with Gasteiger partial charge in [0.2, 0.25) is 5.91 Å². The Hall–Kier alpha value is -0.370. The number of carbonyl (C=O) groups excluding carboxylic acids is 1. The van der Waals surface area contributed by atoms with Crippen LogP contribution in [0.25, 0.3) is 0 Å². The van der Waals surface area contributed by atoms with E-state index >= 15 is 0 Å². The van der Waals surface area contributed by atoms with Gasteiger partial charge in [0, 0.05) is 12.8 Å². The number of rotatable bonds is 6. The van der Waals surface area contributed by atoms with Gasteiger partial charge in [-0.25, -0.2) is 8.42 Å². The van der Waals surface area contributed by atoms with Crippen LogP contribution in [-0.4, -0.2) is 57.7 Å². The van der Waals surface area contributed by atoms with Crippen LogP contribution in [0.2, 0.25) is 0 Å². The van der Waals surface area contributed by atoms with Gasteiger partial charge in [0.1, 0.15) is 0 Å². The first kappa shape index (κ1) is 21.7. The standard InChI is InChI=1S/C16H30N2O4S.ClH/c1-13-5-3-4-6-14(13)22-12-11-18-15(19)16(23(2,20)21)7-9-17-10-8-16;/h13-14,17H,3-12H2,1-2H3,(H,18,19);1H.